The molecule has 0 amide bonds. The summed E-state index contributed by atoms with van der Waals surface area (Å²) in [5, 5.41) is 5.03. The zero-order valence-corrected chi connectivity index (χ0v) is 18.0. The van der Waals surface area contributed by atoms with Crippen molar-refractivity contribution < 1.29 is 14.3 Å². The second-order valence-corrected chi connectivity index (χ2v) is 7.22. The summed E-state index contributed by atoms with van der Waals surface area (Å²) in [4.78, 5) is 29.2. The SMILES string of the molecule is COc1cc(C=Nn2c(-c3ccccc3)nc3ccccc3c2=O)cc(Cl)c1OC(C)=O. The van der Waals surface area contributed by atoms with Gasteiger partial charge in [-0.25, -0.2) is 4.98 Å². The Balaban J connectivity index is 1.86. The van der Waals surface area contributed by atoms with E-state index in [-0.39, 0.29) is 22.1 Å². The minimum absolute atomic E-state index is 0.119. The van der Waals surface area contributed by atoms with Crippen LogP contribution in [0.2, 0.25) is 5.02 Å². The number of halogens is 1. The Hall–Kier alpha value is -3.97. The van der Waals surface area contributed by atoms with Crippen molar-refractivity contribution in [1.82, 2.24) is 9.66 Å². The van der Waals surface area contributed by atoms with Gasteiger partial charge in [0.25, 0.3) is 5.56 Å². The Morgan fingerprint density at radius 1 is 1.09 bits per heavy atom. The molecule has 0 spiro atoms. The van der Waals surface area contributed by atoms with Crippen molar-refractivity contribution in [3.63, 3.8) is 0 Å². The maximum Gasteiger partial charge on any atom is 0.308 e. The van der Waals surface area contributed by atoms with Crippen molar-refractivity contribution in [2.75, 3.05) is 7.11 Å². The van der Waals surface area contributed by atoms with E-state index in [2.05, 4.69) is 10.1 Å². The third-order valence-corrected chi connectivity index (χ3v) is 4.89. The van der Waals surface area contributed by atoms with Gasteiger partial charge in [-0.2, -0.15) is 9.78 Å². The first-order valence-corrected chi connectivity index (χ1v) is 10.0. The second-order valence-electron chi connectivity index (χ2n) is 6.81. The molecule has 1 aromatic heterocycles. The van der Waals surface area contributed by atoms with Gasteiger partial charge in [0.2, 0.25) is 0 Å². The van der Waals surface area contributed by atoms with Gasteiger partial charge in [-0.1, -0.05) is 54.1 Å². The van der Waals surface area contributed by atoms with E-state index in [9.17, 15) is 9.59 Å². The minimum atomic E-state index is -0.520. The summed E-state index contributed by atoms with van der Waals surface area (Å²) >= 11 is 6.28. The number of rotatable bonds is 5. The molecular formula is C24H18ClN3O4. The Bertz CT molecular complexity index is 1400. The van der Waals surface area contributed by atoms with Gasteiger partial charge < -0.3 is 9.47 Å². The van der Waals surface area contributed by atoms with Crippen molar-refractivity contribution in [3.05, 3.63) is 87.7 Å². The molecule has 0 saturated carbocycles. The fourth-order valence-electron chi connectivity index (χ4n) is 3.19. The van der Waals surface area contributed by atoms with Gasteiger partial charge in [0.15, 0.2) is 17.3 Å². The Morgan fingerprint density at radius 3 is 2.53 bits per heavy atom. The van der Waals surface area contributed by atoms with Gasteiger partial charge in [0.05, 0.1) is 29.2 Å². The van der Waals surface area contributed by atoms with Crippen LogP contribution in [0.25, 0.3) is 22.3 Å². The summed E-state index contributed by atoms with van der Waals surface area (Å²) in [6, 6.07) is 19.6. The molecule has 0 aliphatic carbocycles. The van der Waals surface area contributed by atoms with Crippen LogP contribution in [-0.4, -0.2) is 29.0 Å². The average Bonchev–Trinajstić information content (AvgIpc) is 2.80. The number of fused-ring (bicyclic) bond motifs is 1. The van der Waals surface area contributed by atoms with Gasteiger partial charge in [-0.15, -0.1) is 0 Å². The van der Waals surface area contributed by atoms with Crippen molar-refractivity contribution in [2.45, 2.75) is 6.92 Å². The van der Waals surface area contributed by atoms with Crippen LogP contribution in [0.3, 0.4) is 0 Å². The first kappa shape index (κ1) is 21.3. The maximum absolute atomic E-state index is 13.2. The molecule has 0 unspecified atom stereocenters. The Labute approximate surface area is 188 Å². The highest BCUT2D eigenvalue weighted by Crippen LogP contribution is 2.36. The molecule has 8 heteroatoms. The van der Waals surface area contributed by atoms with Gasteiger partial charge in [-0.3, -0.25) is 9.59 Å². The monoisotopic (exact) mass is 447 g/mol. The summed E-state index contributed by atoms with van der Waals surface area (Å²) in [6.45, 7) is 1.27. The minimum Gasteiger partial charge on any atom is -0.493 e. The number of methoxy groups -OCH3 is 1. The third-order valence-electron chi connectivity index (χ3n) is 4.61. The Morgan fingerprint density at radius 2 is 1.81 bits per heavy atom. The van der Waals surface area contributed by atoms with Crippen molar-refractivity contribution in [1.29, 1.82) is 0 Å². The molecule has 0 radical (unpaired) electrons. The third kappa shape index (κ3) is 4.24. The van der Waals surface area contributed by atoms with Crippen LogP contribution in [0.4, 0.5) is 0 Å². The van der Waals surface area contributed by atoms with E-state index in [1.165, 1.54) is 24.9 Å². The molecule has 0 saturated heterocycles. The molecular weight excluding hydrogens is 430 g/mol. The number of hydrogen-bond acceptors (Lipinski definition) is 6. The predicted molar refractivity (Wildman–Crippen MR) is 124 cm³/mol. The number of ether oxygens (including phenoxy) is 2. The van der Waals surface area contributed by atoms with Crippen LogP contribution < -0.4 is 15.0 Å². The molecule has 160 valence electrons. The normalized spacial score (nSPS) is 11.1. The topological polar surface area (TPSA) is 82.8 Å². The molecule has 0 aliphatic rings. The molecule has 4 aromatic rings. The average molecular weight is 448 g/mol. The predicted octanol–water partition coefficient (Wildman–Crippen LogP) is 4.53. The van der Waals surface area contributed by atoms with Crippen molar-refractivity contribution in [2.24, 2.45) is 5.10 Å². The number of hydrogen-bond donors (Lipinski definition) is 0. The molecule has 32 heavy (non-hydrogen) atoms. The zero-order valence-electron chi connectivity index (χ0n) is 17.3. The van der Waals surface area contributed by atoms with E-state index < -0.39 is 5.97 Å². The Kier molecular flexibility index (Phi) is 6.00. The van der Waals surface area contributed by atoms with Gasteiger partial charge in [0.1, 0.15) is 0 Å². The van der Waals surface area contributed by atoms with Gasteiger partial charge in [-0.05, 0) is 29.8 Å². The highest BCUT2D eigenvalue weighted by Gasteiger charge is 2.15. The largest absolute Gasteiger partial charge is 0.493 e. The number of carbonyl (C=O) groups excluding carboxylic acids is 1. The summed E-state index contributed by atoms with van der Waals surface area (Å²) in [6.07, 6.45) is 1.47. The van der Waals surface area contributed by atoms with Crippen LogP contribution in [0, 0.1) is 0 Å². The fraction of sp³-hybridized carbons (Fsp3) is 0.0833. The lowest BCUT2D eigenvalue weighted by Gasteiger charge is -2.11. The van der Waals surface area contributed by atoms with E-state index in [4.69, 9.17) is 21.1 Å². The summed E-state index contributed by atoms with van der Waals surface area (Å²) in [7, 11) is 1.44. The van der Waals surface area contributed by atoms with E-state index in [0.717, 1.165) is 5.56 Å². The van der Waals surface area contributed by atoms with Gasteiger partial charge in [0, 0.05) is 12.5 Å². The number of carbonyl (C=O) groups is 1. The quantitative estimate of drug-likeness (QED) is 0.255. The number of benzene rings is 3. The number of nitrogens with zero attached hydrogens (tertiary/aromatic N) is 3. The first-order chi connectivity index (χ1) is 15.5. The number of esters is 1. The molecule has 0 bridgehead atoms. The van der Waals surface area contributed by atoms with Crippen LogP contribution >= 0.6 is 11.6 Å². The highest BCUT2D eigenvalue weighted by molar-refractivity contribution is 6.32. The smallest absolute Gasteiger partial charge is 0.308 e. The maximum atomic E-state index is 13.2. The van der Waals surface area contributed by atoms with Crippen LogP contribution in [0.5, 0.6) is 11.5 Å². The number of para-hydroxylation sites is 1. The highest BCUT2D eigenvalue weighted by atomic mass is 35.5. The second kappa shape index (κ2) is 9.03. The molecule has 7 nitrogen and oxygen atoms in total. The summed E-state index contributed by atoms with van der Waals surface area (Å²) in [5.74, 6) is 0.266. The standard InChI is InChI=1S/C24H18ClN3O4/c1-15(29)32-22-19(25)12-16(13-21(22)31-2)14-26-28-23(17-8-4-3-5-9-17)27-20-11-7-6-10-18(20)24(28)30/h3-14H,1-2H3. The molecule has 4 rings (SSSR count). The molecule has 0 aliphatic heterocycles. The lowest BCUT2D eigenvalue weighted by Crippen LogP contribution is -2.20. The van der Waals surface area contributed by atoms with E-state index in [1.807, 2.05) is 36.4 Å². The molecule has 0 fully saturated rings. The number of aromatic nitrogens is 2. The summed E-state index contributed by atoms with van der Waals surface area (Å²) < 4.78 is 11.7. The van der Waals surface area contributed by atoms with Crippen LogP contribution in [0.15, 0.2) is 76.6 Å². The van der Waals surface area contributed by atoms with Crippen LogP contribution in [-0.2, 0) is 4.79 Å². The molecule has 0 atom stereocenters. The van der Waals surface area contributed by atoms with E-state index >= 15 is 0 Å². The molecule has 1 heterocycles. The van der Waals surface area contributed by atoms with E-state index in [1.54, 1.807) is 30.3 Å². The van der Waals surface area contributed by atoms with Crippen molar-refractivity contribution >= 4 is 34.7 Å². The van der Waals surface area contributed by atoms with Crippen LogP contribution in [0.1, 0.15) is 12.5 Å². The van der Waals surface area contributed by atoms with E-state index in [0.29, 0.717) is 22.3 Å². The molecule has 0 N–H and O–H groups in total. The van der Waals surface area contributed by atoms with Crippen molar-refractivity contribution in [3.8, 4) is 22.9 Å². The molecule has 3 aromatic carbocycles. The zero-order chi connectivity index (χ0) is 22.7. The first-order valence-electron chi connectivity index (χ1n) is 9.65. The van der Waals surface area contributed by atoms with Gasteiger partial charge >= 0.3 is 5.97 Å². The summed E-state index contributed by atoms with van der Waals surface area (Å²) in [5.41, 5.74) is 1.56. The lowest BCUT2D eigenvalue weighted by molar-refractivity contribution is -0.132. The lowest BCUT2D eigenvalue weighted by atomic mass is 10.2. The fourth-order valence-corrected chi connectivity index (χ4v) is 3.44.